The standard InChI is InChI=1S/C11H12ClN3S/c1-6-13-9(12)8-11(14-6)16-10(15-8)7-4-2-3-5-7/h7H,2-5H2,1H3. The van der Waals surface area contributed by atoms with E-state index in [4.69, 9.17) is 11.6 Å². The first kappa shape index (κ1) is 10.4. The van der Waals surface area contributed by atoms with E-state index in [-0.39, 0.29) is 0 Å². The van der Waals surface area contributed by atoms with Crippen LogP contribution in [0.2, 0.25) is 5.15 Å². The molecular formula is C11H12ClN3S. The first-order chi connectivity index (χ1) is 7.74. The van der Waals surface area contributed by atoms with Crippen molar-refractivity contribution in [3.8, 4) is 0 Å². The number of thiazole rings is 1. The van der Waals surface area contributed by atoms with Gasteiger partial charge in [-0.3, -0.25) is 0 Å². The number of fused-ring (bicyclic) bond motifs is 1. The smallest absolute Gasteiger partial charge is 0.159 e. The van der Waals surface area contributed by atoms with Crippen molar-refractivity contribution in [3.63, 3.8) is 0 Å². The fraction of sp³-hybridized carbons (Fsp3) is 0.545. The molecule has 0 aliphatic heterocycles. The minimum atomic E-state index is 0.489. The van der Waals surface area contributed by atoms with Crippen molar-refractivity contribution in [2.75, 3.05) is 0 Å². The maximum absolute atomic E-state index is 6.08. The zero-order valence-corrected chi connectivity index (χ0v) is 10.6. The van der Waals surface area contributed by atoms with Crippen molar-refractivity contribution >= 4 is 33.3 Å². The van der Waals surface area contributed by atoms with Crippen LogP contribution in [0.4, 0.5) is 0 Å². The SMILES string of the molecule is Cc1nc(Cl)c2nc(C3CCCC3)sc2n1. The van der Waals surface area contributed by atoms with E-state index in [0.29, 0.717) is 11.1 Å². The molecule has 2 aromatic rings. The molecule has 0 aromatic carbocycles. The molecule has 0 N–H and O–H groups in total. The van der Waals surface area contributed by atoms with Crippen LogP contribution in [0, 0.1) is 6.92 Å². The van der Waals surface area contributed by atoms with Crippen LogP contribution in [-0.2, 0) is 0 Å². The van der Waals surface area contributed by atoms with Crippen molar-refractivity contribution in [1.82, 2.24) is 15.0 Å². The predicted octanol–water partition coefficient (Wildman–Crippen LogP) is 3.71. The molecule has 3 rings (SSSR count). The quantitative estimate of drug-likeness (QED) is 0.728. The molecule has 0 unspecified atom stereocenters. The van der Waals surface area contributed by atoms with Crippen LogP contribution in [0.25, 0.3) is 10.3 Å². The molecule has 2 heterocycles. The van der Waals surface area contributed by atoms with Crippen molar-refractivity contribution < 1.29 is 0 Å². The molecule has 1 aliphatic rings. The van der Waals surface area contributed by atoms with Gasteiger partial charge in [0.05, 0.1) is 5.01 Å². The molecular weight excluding hydrogens is 242 g/mol. The summed E-state index contributed by atoms with van der Waals surface area (Å²) < 4.78 is 0. The Hall–Kier alpha value is -0.740. The highest BCUT2D eigenvalue weighted by Crippen LogP contribution is 2.38. The lowest BCUT2D eigenvalue weighted by atomic mass is 10.1. The minimum absolute atomic E-state index is 0.489. The number of aryl methyl sites for hydroxylation is 1. The Morgan fingerprint density at radius 1 is 1.19 bits per heavy atom. The van der Waals surface area contributed by atoms with Crippen LogP contribution >= 0.6 is 22.9 Å². The maximum atomic E-state index is 6.08. The Morgan fingerprint density at radius 2 is 1.94 bits per heavy atom. The molecule has 3 nitrogen and oxygen atoms in total. The summed E-state index contributed by atoms with van der Waals surface area (Å²) in [5.41, 5.74) is 0.777. The van der Waals surface area contributed by atoms with Crippen LogP contribution in [0.3, 0.4) is 0 Å². The normalized spacial score (nSPS) is 17.4. The minimum Gasteiger partial charge on any atom is -0.236 e. The summed E-state index contributed by atoms with van der Waals surface area (Å²) in [6.07, 6.45) is 5.14. The van der Waals surface area contributed by atoms with E-state index in [0.717, 1.165) is 16.2 Å². The Kier molecular flexibility index (Phi) is 2.56. The third-order valence-electron chi connectivity index (χ3n) is 3.05. The van der Waals surface area contributed by atoms with E-state index in [1.807, 2.05) is 6.92 Å². The number of nitrogens with zero attached hydrogens (tertiary/aromatic N) is 3. The third-order valence-corrected chi connectivity index (χ3v) is 4.42. The number of rotatable bonds is 1. The summed E-state index contributed by atoms with van der Waals surface area (Å²) in [6, 6.07) is 0. The first-order valence-corrected chi connectivity index (χ1v) is 6.74. The van der Waals surface area contributed by atoms with Gasteiger partial charge in [-0.25, -0.2) is 15.0 Å². The van der Waals surface area contributed by atoms with Gasteiger partial charge >= 0.3 is 0 Å². The number of hydrogen-bond acceptors (Lipinski definition) is 4. The molecule has 0 saturated heterocycles. The monoisotopic (exact) mass is 253 g/mol. The molecule has 2 aromatic heterocycles. The van der Waals surface area contributed by atoms with Gasteiger partial charge in [-0.2, -0.15) is 0 Å². The lowest BCUT2D eigenvalue weighted by Gasteiger charge is -2.01. The van der Waals surface area contributed by atoms with Gasteiger partial charge in [0.2, 0.25) is 0 Å². The van der Waals surface area contributed by atoms with E-state index < -0.39 is 0 Å². The van der Waals surface area contributed by atoms with Crippen LogP contribution in [0.15, 0.2) is 0 Å². The molecule has 0 atom stereocenters. The van der Waals surface area contributed by atoms with Gasteiger partial charge in [-0.15, -0.1) is 0 Å². The van der Waals surface area contributed by atoms with E-state index in [1.54, 1.807) is 11.3 Å². The summed E-state index contributed by atoms with van der Waals surface area (Å²) in [7, 11) is 0. The maximum Gasteiger partial charge on any atom is 0.159 e. The molecule has 0 spiro atoms. The Bertz CT molecular complexity index is 531. The Balaban J connectivity index is 2.11. The van der Waals surface area contributed by atoms with Gasteiger partial charge in [0.25, 0.3) is 0 Å². The Morgan fingerprint density at radius 3 is 2.69 bits per heavy atom. The van der Waals surface area contributed by atoms with Crippen molar-refractivity contribution in [2.24, 2.45) is 0 Å². The van der Waals surface area contributed by atoms with E-state index >= 15 is 0 Å². The van der Waals surface area contributed by atoms with E-state index in [9.17, 15) is 0 Å². The van der Waals surface area contributed by atoms with Gasteiger partial charge in [-0.1, -0.05) is 35.8 Å². The summed E-state index contributed by atoms with van der Waals surface area (Å²) in [5, 5.41) is 1.68. The van der Waals surface area contributed by atoms with Crippen molar-refractivity contribution in [3.05, 3.63) is 16.0 Å². The summed E-state index contributed by atoms with van der Waals surface area (Å²) in [4.78, 5) is 14.1. The first-order valence-electron chi connectivity index (χ1n) is 5.54. The highest BCUT2D eigenvalue weighted by molar-refractivity contribution is 7.18. The summed E-state index contributed by atoms with van der Waals surface area (Å²) in [5.74, 6) is 1.34. The molecule has 0 bridgehead atoms. The largest absolute Gasteiger partial charge is 0.236 e. The average Bonchev–Trinajstić information content (AvgIpc) is 2.82. The molecule has 1 fully saturated rings. The summed E-state index contributed by atoms with van der Waals surface area (Å²) in [6.45, 7) is 1.86. The van der Waals surface area contributed by atoms with Gasteiger partial charge < -0.3 is 0 Å². The molecule has 0 amide bonds. The zero-order valence-electron chi connectivity index (χ0n) is 9.03. The van der Waals surface area contributed by atoms with Crippen LogP contribution < -0.4 is 0 Å². The van der Waals surface area contributed by atoms with Crippen molar-refractivity contribution in [1.29, 1.82) is 0 Å². The van der Waals surface area contributed by atoms with Gasteiger partial charge in [0.15, 0.2) is 5.15 Å². The summed E-state index contributed by atoms with van der Waals surface area (Å²) >= 11 is 7.75. The molecule has 1 saturated carbocycles. The van der Waals surface area contributed by atoms with E-state index in [2.05, 4.69) is 15.0 Å². The number of hydrogen-bond donors (Lipinski definition) is 0. The van der Waals surface area contributed by atoms with E-state index in [1.165, 1.54) is 30.7 Å². The van der Waals surface area contributed by atoms with Crippen LogP contribution in [0.5, 0.6) is 0 Å². The second kappa shape index (κ2) is 3.93. The highest BCUT2D eigenvalue weighted by Gasteiger charge is 2.22. The molecule has 16 heavy (non-hydrogen) atoms. The lowest BCUT2D eigenvalue weighted by molar-refractivity contribution is 0.718. The Labute approximate surface area is 103 Å². The third kappa shape index (κ3) is 1.70. The average molecular weight is 254 g/mol. The molecule has 0 radical (unpaired) electrons. The zero-order chi connectivity index (χ0) is 11.1. The topological polar surface area (TPSA) is 38.7 Å². The van der Waals surface area contributed by atoms with Crippen molar-refractivity contribution in [2.45, 2.75) is 38.5 Å². The predicted molar refractivity (Wildman–Crippen MR) is 66.2 cm³/mol. The van der Waals surface area contributed by atoms with Crippen LogP contribution in [0.1, 0.15) is 42.4 Å². The molecule has 84 valence electrons. The molecule has 1 aliphatic carbocycles. The molecule has 5 heteroatoms. The van der Waals surface area contributed by atoms with Gasteiger partial charge in [0.1, 0.15) is 16.2 Å². The highest BCUT2D eigenvalue weighted by atomic mass is 35.5. The number of aromatic nitrogens is 3. The van der Waals surface area contributed by atoms with Gasteiger partial charge in [0, 0.05) is 5.92 Å². The fourth-order valence-corrected chi connectivity index (χ4v) is 3.72. The van der Waals surface area contributed by atoms with Crippen LogP contribution in [-0.4, -0.2) is 15.0 Å². The second-order valence-corrected chi connectivity index (χ2v) is 5.62. The fourth-order valence-electron chi connectivity index (χ4n) is 2.25. The van der Waals surface area contributed by atoms with Gasteiger partial charge in [-0.05, 0) is 19.8 Å². The number of halogens is 1. The lowest BCUT2D eigenvalue weighted by Crippen LogP contribution is -1.90. The second-order valence-electron chi connectivity index (χ2n) is 4.25.